The van der Waals surface area contributed by atoms with E-state index in [1.54, 1.807) is 7.11 Å². The van der Waals surface area contributed by atoms with Crippen molar-refractivity contribution in [1.29, 1.82) is 0 Å². The zero-order chi connectivity index (χ0) is 15.1. The van der Waals surface area contributed by atoms with Crippen LogP contribution in [0.25, 0.3) is 10.8 Å². The number of fused-ring (bicyclic) bond motifs is 1. The molecule has 0 aliphatic carbocycles. The highest BCUT2D eigenvalue weighted by molar-refractivity contribution is 6.18. The summed E-state index contributed by atoms with van der Waals surface area (Å²) in [6.45, 7) is 2.57. The summed E-state index contributed by atoms with van der Waals surface area (Å²) in [5.74, 6) is 7.59. The monoisotopic (exact) mass is 302 g/mol. The van der Waals surface area contributed by atoms with Gasteiger partial charge in [-0.25, -0.2) is 0 Å². The van der Waals surface area contributed by atoms with E-state index in [1.807, 2.05) is 25.1 Å². The van der Waals surface area contributed by atoms with E-state index in [4.69, 9.17) is 21.1 Å². The first-order valence-corrected chi connectivity index (χ1v) is 7.50. The van der Waals surface area contributed by atoms with Gasteiger partial charge in [-0.2, -0.15) is 0 Å². The van der Waals surface area contributed by atoms with Crippen molar-refractivity contribution in [2.45, 2.75) is 19.4 Å². The Hall–Kier alpha value is -1.69. The molecule has 110 valence electrons. The molecule has 3 heteroatoms. The molecule has 0 spiro atoms. The molecule has 0 bridgehead atoms. The second-order valence-electron chi connectivity index (χ2n) is 4.85. The van der Waals surface area contributed by atoms with Crippen molar-refractivity contribution >= 4 is 22.4 Å². The number of benzene rings is 2. The first kappa shape index (κ1) is 15.7. The number of hydrogen-bond acceptors (Lipinski definition) is 2. The molecule has 2 rings (SSSR count). The van der Waals surface area contributed by atoms with Gasteiger partial charge in [0.1, 0.15) is 11.9 Å². The Labute approximate surface area is 131 Å². The average Bonchev–Trinajstić information content (AvgIpc) is 2.48. The minimum absolute atomic E-state index is 0.0353. The zero-order valence-corrected chi connectivity index (χ0v) is 13.1. The van der Waals surface area contributed by atoms with Gasteiger partial charge in [-0.15, -0.1) is 11.6 Å². The van der Waals surface area contributed by atoms with E-state index in [0.29, 0.717) is 18.9 Å². The predicted octanol–water partition coefficient (Wildman–Crippen LogP) is 4.23. The predicted molar refractivity (Wildman–Crippen MR) is 88.1 cm³/mol. The van der Waals surface area contributed by atoms with Gasteiger partial charge in [-0.1, -0.05) is 24.0 Å². The van der Waals surface area contributed by atoms with Gasteiger partial charge < -0.3 is 9.47 Å². The molecule has 21 heavy (non-hydrogen) atoms. The third-order valence-corrected chi connectivity index (χ3v) is 3.19. The van der Waals surface area contributed by atoms with Gasteiger partial charge in [0.25, 0.3) is 0 Å². The smallest absolute Gasteiger partial charge is 0.120 e. The highest BCUT2D eigenvalue weighted by Gasteiger charge is 2.04. The Morgan fingerprint density at radius 2 is 1.90 bits per heavy atom. The van der Waals surface area contributed by atoms with Crippen LogP contribution in [0.4, 0.5) is 0 Å². The number of rotatable bonds is 5. The van der Waals surface area contributed by atoms with Crippen molar-refractivity contribution in [3.63, 3.8) is 0 Å². The molecule has 0 N–H and O–H groups in total. The minimum Gasteiger partial charge on any atom is -0.488 e. The van der Waals surface area contributed by atoms with Gasteiger partial charge in [0.15, 0.2) is 0 Å². The number of alkyl halides is 1. The second-order valence-corrected chi connectivity index (χ2v) is 5.23. The molecule has 0 amide bonds. The van der Waals surface area contributed by atoms with Gasteiger partial charge in [-0.3, -0.25) is 0 Å². The maximum absolute atomic E-state index is 5.80. The van der Waals surface area contributed by atoms with E-state index < -0.39 is 0 Å². The van der Waals surface area contributed by atoms with Gasteiger partial charge in [-0.05, 0) is 42.0 Å². The summed E-state index contributed by atoms with van der Waals surface area (Å²) in [7, 11) is 1.67. The Morgan fingerprint density at radius 1 is 1.14 bits per heavy atom. The molecule has 0 aliphatic rings. The van der Waals surface area contributed by atoms with Gasteiger partial charge in [0.05, 0.1) is 6.61 Å². The molecule has 0 saturated carbocycles. The van der Waals surface area contributed by atoms with Crippen LogP contribution in [0.3, 0.4) is 0 Å². The van der Waals surface area contributed by atoms with Crippen molar-refractivity contribution in [3.8, 4) is 17.6 Å². The minimum atomic E-state index is 0.0353. The fourth-order valence-corrected chi connectivity index (χ4v) is 2.18. The number of halogens is 1. The lowest BCUT2D eigenvalue weighted by Gasteiger charge is -2.14. The maximum Gasteiger partial charge on any atom is 0.120 e. The lowest BCUT2D eigenvalue weighted by molar-refractivity contribution is 0.0922. The molecule has 0 heterocycles. The van der Waals surface area contributed by atoms with Crippen molar-refractivity contribution in [2.24, 2.45) is 0 Å². The Kier molecular flexibility index (Phi) is 5.92. The molecule has 1 unspecified atom stereocenters. The molecule has 2 nitrogen and oxygen atoms in total. The van der Waals surface area contributed by atoms with Crippen LogP contribution in [0.2, 0.25) is 0 Å². The van der Waals surface area contributed by atoms with Crippen molar-refractivity contribution < 1.29 is 9.47 Å². The summed E-state index contributed by atoms with van der Waals surface area (Å²) in [6, 6.07) is 12.2. The molecular formula is C18H19ClO2. The second kappa shape index (κ2) is 7.93. The third-order valence-electron chi connectivity index (χ3n) is 3.00. The van der Waals surface area contributed by atoms with Crippen molar-refractivity contribution in [1.82, 2.24) is 0 Å². The molecule has 0 saturated heterocycles. The largest absolute Gasteiger partial charge is 0.488 e. The summed E-state index contributed by atoms with van der Waals surface area (Å²) < 4.78 is 10.9. The van der Waals surface area contributed by atoms with Gasteiger partial charge in [0.2, 0.25) is 0 Å². The van der Waals surface area contributed by atoms with Crippen LogP contribution in [0.1, 0.15) is 18.9 Å². The fourth-order valence-electron chi connectivity index (χ4n) is 2.09. The van der Waals surface area contributed by atoms with Crippen LogP contribution in [0.5, 0.6) is 5.75 Å². The first-order valence-electron chi connectivity index (χ1n) is 6.97. The van der Waals surface area contributed by atoms with Gasteiger partial charge in [0, 0.05) is 25.0 Å². The lowest BCUT2D eigenvalue weighted by atomic mass is 10.1. The fraction of sp³-hybridized carbons (Fsp3) is 0.333. The van der Waals surface area contributed by atoms with Crippen molar-refractivity contribution in [3.05, 3.63) is 42.0 Å². The molecule has 2 aromatic carbocycles. The SMILES string of the molecule is COCC(C)Oc1ccc2cc(C#CCCCl)ccc2c1. The molecule has 2 aromatic rings. The number of methoxy groups -OCH3 is 1. The molecule has 1 atom stereocenters. The maximum atomic E-state index is 5.80. The normalized spacial score (nSPS) is 11.8. The van der Waals surface area contributed by atoms with Crippen LogP contribution in [0, 0.1) is 11.8 Å². The van der Waals surface area contributed by atoms with Crippen LogP contribution in [0.15, 0.2) is 36.4 Å². The van der Waals surface area contributed by atoms with E-state index in [0.717, 1.165) is 22.1 Å². The number of hydrogen-bond donors (Lipinski definition) is 0. The van der Waals surface area contributed by atoms with E-state index in [2.05, 4.69) is 30.0 Å². The lowest BCUT2D eigenvalue weighted by Crippen LogP contribution is -2.17. The Morgan fingerprint density at radius 3 is 2.67 bits per heavy atom. The quantitative estimate of drug-likeness (QED) is 0.608. The molecule has 0 radical (unpaired) electrons. The molecular weight excluding hydrogens is 284 g/mol. The highest BCUT2D eigenvalue weighted by Crippen LogP contribution is 2.22. The van der Waals surface area contributed by atoms with Crippen molar-refractivity contribution in [2.75, 3.05) is 19.6 Å². The summed E-state index contributed by atoms with van der Waals surface area (Å²) in [5.41, 5.74) is 1.01. The average molecular weight is 303 g/mol. The summed E-state index contributed by atoms with van der Waals surface area (Å²) in [6.07, 6.45) is 0.747. The van der Waals surface area contributed by atoms with Crippen LogP contribution >= 0.6 is 11.6 Å². The first-order chi connectivity index (χ1) is 10.2. The topological polar surface area (TPSA) is 18.5 Å². The van der Waals surface area contributed by atoms with Crippen LogP contribution in [-0.2, 0) is 4.74 Å². The van der Waals surface area contributed by atoms with Gasteiger partial charge >= 0.3 is 0 Å². The van der Waals surface area contributed by atoms with E-state index in [1.165, 1.54) is 0 Å². The Balaban J connectivity index is 2.18. The molecule has 0 aliphatic heterocycles. The number of ether oxygens (including phenoxy) is 2. The van der Waals surface area contributed by atoms with Crippen LogP contribution < -0.4 is 4.74 Å². The van der Waals surface area contributed by atoms with E-state index >= 15 is 0 Å². The van der Waals surface area contributed by atoms with E-state index in [9.17, 15) is 0 Å². The highest BCUT2D eigenvalue weighted by atomic mass is 35.5. The van der Waals surface area contributed by atoms with E-state index in [-0.39, 0.29) is 6.10 Å². The molecule has 0 fully saturated rings. The molecule has 0 aromatic heterocycles. The zero-order valence-electron chi connectivity index (χ0n) is 12.4. The summed E-state index contributed by atoms with van der Waals surface area (Å²) >= 11 is 5.62. The van der Waals surface area contributed by atoms with Crippen LogP contribution in [-0.4, -0.2) is 25.7 Å². The summed E-state index contributed by atoms with van der Waals surface area (Å²) in [4.78, 5) is 0. The Bertz CT molecular complexity index is 655. The third kappa shape index (κ3) is 4.67. The standard InChI is InChI=1S/C18H19ClO2/c1-14(13-20-2)21-18-9-8-16-11-15(5-3-4-10-19)6-7-17(16)12-18/h6-9,11-12,14H,4,10,13H2,1-2H3. The summed E-state index contributed by atoms with van der Waals surface area (Å²) in [5, 5.41) is 2.29.